The van der Waals surface area contributed by atoms with E-state index >= 15 is 0 Å². The highest BCUT2D eigenvalue weighted by Gasteiger charge is 2.60. The molecule has 3 aliphatic carbocycles. The van der Waals surface area contributed by atoms with E-state index in [1.165, 1.54) is 18.7 Å². The summed E-state index contributed by atoms with van der Waals surface area (Å²) in [6.45, 7) is 1.05. The molecule has 204 valence electrons. The maximum atomic E-state index is 13.6. The number of ether oxygens (including phenoxy) is 1. The van der Waals surface area contributed by atoms with Crippen molar-refractivity contribution >= 4 is 23.2 Å². The van der Waals surface area contributed by atoms with Crippen LogP contribution in [0.2, 0.25) is 0 Å². The predicted octanol–water partition coefficient (Wildman–Crippen LogP) is 1.76. The smallest absolute Gasteiger partial charge is 0.255 e. The first-order valence-corrected chi connectivity index (χ1v) is 12.7. The Hall–Kier alpha value is -4.15. The lowest BCUT2D eigenvalue weighted by Crippen LogP contribution is -2.58. The Morgan fingerprint density at radius 1 is 1.15 bits per heavy atom. The van der Waals surface area contributed by atoms with Gasteiger partial charge in [-0.15, -0.1) is 0 Å². The number of amides is 1. The van der Waals surface area contributed by atoms with Crippen LogP contribution < -0.4 is 15.8 Å². The van der Waals surface area contributed by atoms with Crippen molar-refractivity contribution in [2.24, 2.45) is 17.6 Å². The predicted molar refractivity (Wildman–Crippen MR) is 140 cm³/mol. The Morgan fingerprint density at radius 3 is 2.54 bits per heavy atom. The molecule has 0 bridgehead atoms. The molecule has 2 aromatic rings. The summed E-state index contributed by atoms with van der Waals surface area (Å²) < 4.78 is 5.70. The summed E-state index contributed by atoms with van der Waals surface area (Å²) in [5, 5.41) is 47.5. The number of hydrogen-bond donors (Lipinski definition) is 6. The molecule has 1 amide bonds. The molecule has 0 saturated heterocycles. The van der Waals surface area contributed by atoms with Crippen LogP contribution in [0.3, 0.4) is 0 Å². The number of phenolic OH excluding ortho intramolecular Hbond substituents is 1. The Morgan fingerprint density at radius 2 is 1.87 bits per heavy atom. The third-order valence-corrected chi connectivity index (χ3v) is 8.04. The number of carbonyl (C=O) groups is 3. The summed E-state index contributed by atoms with van der Waals surface area (Å²) in [4.78, 5) is 37.9. The molecule has 2 aromatic carbocycles. The van der Waals surface area contributed by atoms with Gasteiger partial charge in [0.25, 0.3) is 5.91 Å². The Bertz CT molecular complexity index is 1440. The molecule has 0 spiro atoms. The number of nitrogens with one attached hydrogen (secondary N) is 1. The number of benzene rings is 2. The number of nitrogens with two attached hydrogens (primary N) is 1. The minimum atomic E-state index is -2.59. The molecule has 3 atom stereocenters. The van der Waals surface area contributed by atoms with Crippen LogP contribution in [0.4, 0.5) is 0 Å². The maximum Gasteiger partial charge on any atom is 0.255 e. The van der Waals surface area contributed by atoms with Gasteiger partial charge in [-0.1, -0.05) is 30.3 Å². The van der Waals surface area contributed by atoms with Crippen LogP contribution in [0.1, 0.15) is 35.1 Å². The van der Waals surface area contributed by atoms with Crippen LogP contribution in [-0.2, 0) is 33.8 Å². The Balaban J connectivity index is 1.49. The lowest BCUT2D eigenvalue weighted by atomic mass is 9.59. The van der Waals surface area contributed by atoms with E-state index in [2.05, 4.69) is 5.32 Å². The molecule has 5 rings (SSSR count). The van der Waals surface area contributed by atoms with Gasteiger partial charge in [0, 0.05) is 35.6 Å². The standard InChI is InChI=1S/C29H30N2O8/c1-39-25-16(13-31-8-7-14-5-3-2-4-6-14)11-19(32)22-18(25)10-15-9-17-12-20(33)23(28(30)37)27(36)29(17,38)26(35)21(15)24(22)34/h2-6,11,15,17,31-32,34,36,38H,7-10,12-13H2,1H3,(H2,30,37)/t15?,17-,29-/m0/s1. The fourth-order valence-corrected chi connectivity index (χ4v) is 6.22. The molecule has 1 fully saturated rings. The van der Waals surface area contributed by atoms with Gasteiger partial charge in [-0.25, -0.2) is 0 Å². The topological polar surface area (TPSA) is 179 Å². The number of Topliss-reactive ketones (excluding diaryl/α,β-unsaturated/α-hetero) is 2. The number of hydrogen-bond acceptors (Lipinski definition) is 9. The van der Waals surface area contributed by atoms with Crippen molar-refractivity contribution in [3.63, 3.8) is 0 Å². The largest absolute Gasteiger partial charge is 0.508 e. The highest BCUT2D eigenvalue weighted by atomic mass is 16.5. The average Bonchev–Trinajstić information content (AvgIpc) is 2.89. The van der Waals surface area contributed by atoms with Gasteiger partial charge in [0.1, 0.15) is 28.6 Å². The summed E-state index contributed by atoms with van der Waals surface area (Å²) in [6, 6.07) is 11.4. The van der Waals surface area contributed by atoms with E-state index in [4.69, 9.17) is 10.5 Å². The van der Waals surface area contributed by atoms with Gasteiger partial charge < -0.3 is 36.2 Å². The van der Waals surface area contributed by atoms with E-state index in [0.717, 1.165) is 6.42 Å². The zero-order valence-electron chi connectivity index (χ0n) is 21.4. The molecule has 3 aliphatic rings. The second kappa shape index (κ2) is 9.87. The van der Waals surface area contributed by atoms with E-state index in [9.17, 15) is 34.8 Å². The van der Waals surface area contributed by atoms with Crippen molar-refractivity contribution < 1.29 is 39.5 Å². The molecular formula is C29H30N2O8. The molecule has 0 aromatic heterocycles. The fourth-order valence-electron chi connectivity index (χ4n) is 6.22. The van der Waals surface area contributed by atoms with Crippen LogP contribution >= 0.6 is 0 Å². The Kier molecular flexibility index (Phi) is 6.69. The van der Waals surface area contributed by atoms with E-state index in [-0.39, 0.29) is 36.1 Å². The summed E-state index contributed by atoms with van der Waals surface area (Å²) in [5.41, 5.74) is 3.99. The average molecular weight is 535 g/mol. The quantitative estimate of drug-likeness (QED) is 0.228. The van der Waals surface area contributed by atoms with E-state index in [0.29, 0.717) is 30.0 Å². The number of aliphatic hydroxyl groups excluding tert-OH is 2. The third kappa shape index (κ3) is 4.16. The minimum absolute atomic E-state index is 0.00650. The number of rotatable bonds is 7. The number of aromatic hydroxyl groups is 1. The lowest BCUT2D eigenvalue weighted by Gasteiger charge is -2.46. The highest BCUT2D eigenvalue weighted by molar-refractivity contribution is 6.22. The van der Waals surface area contributed by atoms with Crippen LogP contribution in [0.15, 0.2) is 53.3 Å². The van der Waals surface area contributed by atoms with Crippen molar-refractivity contribution in [2.75, 3.05) is 13.7 Å². The molecule has 7 N–H and O–H groups in total. The SMILES string of the molecule is COc1c(CNCCc2ccccc2)cc(O)c2c1CC1C[C@H]3CC(=O)C(C(N)=O)=C(O)[C@@]3(O)C(=O)C1=C2O. The van der Waals surface area contributed by atoms with E-state index < -0.39 is 52.0 Å². The van der Waals surface area contributed by atoms with Gasteiger partial charge in [-0.05, 0) is 43.4 Å². The van der Waals surface area contributed by atoms with Crippen molar-refractivity contribution in [2.45, 2.75) is 37.8 Å². The number of fused-ring (bicyclic) bond motifs is 3. The monoisotopic (exact) mass is 534 g/mol. The van der Waals surface area contributed by atoms with Gasteiger partial charge in [0.05, 0.1) is 12.7 Å². The number of aliphatic hydroxyl groups is 3. The van der Waals surface area contributed by atoms with Crippen molar-refractivity contribution in [3.8, 4) is 11.5 Å². The lowest BCUT2D eigenvalue weighted by molar-refractivity contribution is -0.147. The van der Waals surface area contributed by atoms with Gasteiger partial charge >= 0.3 is 0 Å². The highest BCUT2D eigenvalue weighted by Crippen LogP contribution is 2.53. The summed E-state index contributed by atoms with van der Waals surface area (Å²) >= 11 is 0. The van der Waals surface area contributed by atoms with Crippen molar-refractivity contribution in [1.82, 2.24) is 5.32 Å². The van der Waals surface area contributed by atoms with Gasteiger partial charge in [0.15, 0.2) is 11.4 Å². The number of ketones is 2. The third-order valence-electron chi connectivity index (χ3n) is 8.04. The first-order valence-electron chi connectivity index (χ1n) is 12.7. The number of phenols is 1. The summed E-state index contributed by atoms with van der Waals surface area (Å²) in [5.74, 6) is -6.13. The van der Waals surface area contributed by atoms with Crippen molar-refractivity contribution in [1.29, 1.82) is 0 Å². The molecule has 1 unspecified atom stereocenters. The molecule has 0 heterocycles. The van der Waals surface area contributed by atoms with Crippen LogP contribution in [0.25, 0.3) is 5.76 Å². The number of carbonyl (C=O) groups excluding carboxylic acids is 3. The molecule has 0 radical (unpaired) electrons. The van der Waals surface area contributed by atoms with Crippen LogP contribution in [-0.4, -0.2) is 57.2 Å². The van der Waals surface area contributed by atoms with E-state index in [1.54, 1.807) is 0 Å². The zero-order chi connectivity index (χ0) is 28.1. The summed E-state index contributed by atoms with van der Waals surface area (Å²) in [6.07, 6.45) is 0.685. The van der Waals surface area contributed by atoms with Crippen molar-refractivity contribution in [3.05, 3.63) is 75.6 Å². The maximum absolute atomic E-state index is 13.6. The van der Waals surface area contributed by atoms with Gasteiger partial charge in [0.2, 0.25) is 5.78 Å². The van der Waals surface area contributed by atoms with E-state index in [1.807, 2.05) is 30.3 Å². The van der Waals surface area contributed by atoms with Gasteiger partial charge in [-0.2, -0.15) is 0 Å². The molecule has 1 saturated carbocycles. The first kappa shape index (κ1) is 26.5. The molecule has 0 aliphatic heterocycles. The normalized spacial score (nSPS) is 24.3. The number of methoxy groups -OCH3 is 1. The zero-order valence-corrected chi connectivity index (χ0v) is 21.4. The molecule has 10 nitrogen and oxygen atoms in total. The summed E-state index contributed by atoms with van der Waals surface area (Å²) in [7, 11) is 1.48. The molecule has 10 heteroatoms. The molecule has 39 heavy (non-hydrogen) atoms. The molecular weight excluding hydrogens is 504 g/mol. The minimum Gasteiger partial charge on any atom is -0.508 e. The fraction of sp³-hybridized carbons (Fsp3) is 0.345. The second-order valence-corrected chi connectivity index (χ2v) is 10.3. The second-order valence-electron chi connectivity index (χ2n) is 10.3. The number of primary amides is 1. The van der Waals surface area contributed by atoms with Gasteiger partial charge in [-0.3, -0.25) is 14.4 Å². The van der Waals surface area contributed by atoms with Crippen LogP contribution in [0, 0.1) is 11.8 Å². The Labute approximate surface area is 224 Å². The van der Waals surface area contributed by atoms with Crippen LogP contribution in [0.5, 0.6) is 11.5 Å². The first-order chi connectivity index (χ1) is 18.6.